The van der Waals surface area contributed by atoms with Crippen LogP contribution in [-0.2, 0) is 9.59 Å². The molecule has 0 radical (unpaired) electrons. The average molecular weight is 478 g/mol. The summed E-state index contributed by atoms with van der Waals surface area (Å²) in [5.74, 6) is -0.224. The summed E-state index contributed by atoms with van der Waals surface area (Å²) in [6.07, 6.45) is -0.216. The van der Waals surface area contributed by atoms with E-state index >= 15 is 0 Å². The van der Waals surface area contributed by atoms with Gasteiger partial charge in [-0.1, -0.05) is 28.1 Å². The lowest BCUT2D eigenvalue weighted by Gasteiger charge is -2.36. The van der Waals surface area contributed by atoms with Crippen LogP contribution in [-0.4, -0.2) is 66.0 Å². The number of carbonyl (C=O) groups is 2. The molecule has 3 heterocycles. The molecule has 154 valence electrons. The smallest absolute Gasteiger partial charge is 0.228 e. The van der Waals surface area contributed by atoms with E-state index in [-0.39, 0.29) is 24.2 Å². The summed E-state index contributed by atoms with van der Waals surface area (Å²) in [5, 5.41) is 12.3. The molecule has 2 saturated heterocycles. The first-order valence-electron chi connectivity index (χ1n) is 9.80. The summed E-state index contributed by atoms with van der Waals surface area (Å²) in [6, 6.07) is 11.5. The Labute approximate surface area is 182 Å². The third kappa shape index (κ3) is 4.71. The van der Waals surface area contributed by atoms with E-state index < -0.39 is 6.10 Å². The zero-order chi connectivity index (χ0) is 20.4. The monoisotopic (exact) mass is 477 g/mol. The molecular weight excluding hydrogens is 454 g/mol. The van der Waals surface area contributed by atoms with E-state index in [1.165, 1.54) is 0 Å². The first kappa shape index (κ1) is 20.5. The molecule has 1 aromatic heterocycles. The van der Waals surface area contributed by atoms with Gasteiger partial charge in [-0.3, -0.25) is 14.5 Å². The van der Waals surface area contributed by atoms with Gasteiger partial charge in [0.1, 0.15) is 6.10 Å². The first-order chi connectivity index (χ1) is 14.0. The summed E-state index contributed by atoms with van der Waals surface area (Å²) in [4.78, 5) is 32.2. The molecule has 1 N–H and O–H groups in total. The van der Waals surface area contributed by atoms with Gasteiger partial charge in [-0.2, -0.15) is 0 Å². The number of thiophene rings is 1. The van der Waals surface area contributed by atoms with Crippen molar-refractivity contribution in [2.45, 2.75) is 12.5 Å². The summed E-state index contributed by atoms with van der Waals surface area (Å²) >= 11 is 5.00. The molecule has 4 rings (SSSR count). The summed E-state index contributed by atoms with van der Waals surface area (Å²) in [5.41, 5.74) is 0.826. The topological polar surface area (TPSA) is 64.1 Å². The fraction of sp³-hybridized carbons (Fsp3) is 0.429. The van der Waals surface area contributed by atoms with Gasteiger partial charge in [-0.25, -0.2) is 0 Å². The summed E-state index contributed by atoms with van der Waals surface area (Å²) in [7, 11) is 0. The molecule has 8 heteroatoms. The van der Waals surface area contributed by atoms with Crippen LogP contribution in [0.25, 0.3) is 0 Å². The fourth-order valence-electron chi connectivity index (χ4n) is 3.99. The SMILES string of the molecule is O=C(C1CC(=O)N(c2cccc(Br)c2)C1)N1CCN(CC(O)c2cccs2)CC1. The number of rotatable bonds is 5. The number of halogens is 1. The van der Waals surface area contributed by atoms with Gasteiger partial charge in [0.15, 0.2) is 0 Å². The van der Waals surface area contributed by atoms with E-state index in [9.17, 15) is 14.7 Å². The molecule has 2 aliphatic rings. The van der Waals surface area contributed by atoms with Crippen molar-refractivity contribution in [2.24, 2.45) is 5.92 Å². The lowest BCUT2D eigenvalue weighted by molar-refractivity contribution is -0.137. The van der Waals surface area contributed by atoms with E-state index in [1.54, 1.807) is 16.2 Å². The highest BCUT2D eigenvalue weighted by atomic mass is 79.9. The van der Waals surface area contributed by atoms with Crippen molar-refractivity contribution in [3.8, 4) is 0 Å². The third-order valence-corrected chi connectivity index (χ3v) is 7.05. The van der Waals surface area contributed by atoms with Crippen molar-refractivity contribution in [2.75, 3.05) is 44.2 Å². The number of hydrogen-bond acceptors (Lipinski definition) is 5. The number of anilines is 1. The predicted octanol–water partition coefficient (Wildman–Crippen LogP) is 2.74. The van der Waals surface area contributed by atoms with Crippen molar-refractivity contribution in [1.82, 2.24) is 9.80 Å². The standard InChI is InChI=1S/C21H24BrN3O3S/c22-16-3-1-4-17(12-16)25-13-15(11-20(25)27)21(28)24-8-6-23(7-9-24)14-18(26)19-5-2-10-29-19/h1-5,10,12,15,18,26H,6-9,11,13-14H2. The molecular formula is C21H24BrN3O3S. The molecule has 2 atom stereocenters. The minimum Gasteiger partial charge on any atom is -0.386 e. The Bertz CT molecular complexity index is 868. The Balaban J connectivity index is 1.30. The highest BCUT2D eigenvalue weighted by Crippen LogP contribution is 2.28. The van der Waals surface area contributed by atoms with Crippen LogP contribution < -0.4 is 4.90 Å². The molecule has 2 aliphatic heterocycles. The average Bonchev–Trinajstić information content (AvgIpc) is 3.38. The van der Waals surface area contributed by atoms with E-state index in [0.29, 0.717) is 26.2 Å². The van der Waals surface area contributed by atoms with Gasteiger partial charge < -0.3 is 14.9 Å². The van der Waals surface area contributed by atoms with Crippen LogP contribution in [0.3, 0.4) is 0 Å². The van der Waals surface area contributed by atoms with Crippen LogP contribution in [0.1, 0.15) is 17.4 Å². The molecule has 0 saturated carbocycles. The van der Waals surface area contributed by atoms with Crippen molar-refractivity contribution in [3.63, 3.8) is 0 Å². The number of nitrogens with zero attached hydrogens (tertiary/aromatic N) is 3. The molecule has 0 spiro atoms. The zero-order valence-electron chi connectivity index (χ0n) is 16.0. The third-order valence-electron chi connectivity index (χ3n) is 5.58. The molecule has 0 bridgehead atoms. The first-order valence-corrected chi connectivity index (χ1v) is 11.5. The number of amides is 2. The Morgan fingerprint density at radius 3 is 2.69 bits per heavy atom. The highest BCUT2D eigenvalue weighted by Gasteiger charge is 2.38. The number of carbonyl (C=O) groups excluding carboxylic acids is 2. The maximum atomic E-state index is 13.0. The van der Waals surface area contributed by atoms with Crippen molar-refractivity contribution >= 4 is 44.8 Å². The van der Waals surface area contributed by atoms with Gasteiger partial charge >= 0.3 is 0 Å². The zero-order valence-corrected chi connectivity index (χ0v) is 18.4. The van der Waals surface area contributed by atoms with E-state index in [4.69, 9.17) is 0 Å². The van der Waals surface area contributed by atoms with Crippen molar-refractivity contribution < 1.29 is 14.7 Å². The van der Waals surface area contributed by atoms with Gasteiger partial charge in [0.05, 0.1) is 5.92 Å². The van der Waals surface area contributed by atoms with Crippen LogP contribution >= 0.6 is 27.3 Å². The fourth-order valence-corrected chi connectivity index (χ4v) is 5.08. The van der Waals surface area contributed by atoms with Crippen LogP contribution in [0.4, 0.5) is 5.69 Å². The molecule has 2 fully saturated rings. The van der Waals surface area contributed by atoms with Crippen LogP contribution in [0.15, 0.2) is 46.3 Å². The highest BCUT2D eigenvalue weighted by molar-refractivity contribution is 9.10. The summed E-state index contributed by atoms with van der Waals surface area (Å²) in [6.45, 7) is 3.77. The van der Waals surface area contributed by atoms with E-state index in [2.05, 4.69) is 20.8 Å². The van der Waals surface area contributed by atoms with Crippen LogP contribution in [0.2, 0.25) is 0 Å². The Morgan fingerprint density at radius 2 is 2.00 bits per heavy atom. The number of benzene rings is 1. The van der Waals surface area contributed by atoms with Gasteiger partial charge in [0, 0.05) is 60.7 Å². The maximum absolute atomic E-state index is 13.0. The van der Waals surface area contributed by atoms with Crippen LogP contribution in [0, 0.1) is 5.92 Å². The number of aliphatic hydroxyl groups is 1. The number of hydrogen-bond donors (Lipinski definition) is 1. The molecule has 2 unspecified atom stereocenters. The number of β-amino-alcohol motifs (C(OH)–C–C–N with tert-alkyl or cyclic N) is 1. The maximum Gasteiger partial charge on any atom is 0.228 e. The predicted molar refractivity (Wildman–Crippen MR) is 117 cm³/mol. The van der Waals surface area contributed by atoms with Gasteiger partial charge in [0.2, 0.25) is 11.8 Å². The lowest BCUT2D eigenvalue weighted by Crippen LogP contribution is -2.51. The second-order valence-electron chi connectivity index (χ2n) is 7.54. The largest absolute Gasteiger partial charge is 0.386 e. The lowest BCUT2D eigenvalue weighted by atomic mass is 10.1. The number of aliphatic hydroxyl groups excluding tert-OH is 1. The minimum absolute atomic E-state index is 0.000781. The Kier molecular flexibility index (Phi) is 6.34. The van der Waals surface area contributed by atoms with Crippen molar-refractivity contribution in [3.05, 3.63) is 51.1 Å². The quantitative estimate of drug-likeness (QED) is 0.718. The summed E-state index contributed by atoms with van der Waals surface area (Å²) < 4.78 is 0.915. The van der Waals surface area contributed by atoms with Crippen molar-refractivity contribution in [1.29, 1.82) is 0 Å². The van der Waals surface area contributed by atoms with Gasteiger partial charge in [-0.05, 0) is 29.6 Å². The molecule has 29 heavy (non-hydrogen) atoms. The van der Waals surface area contributed by atoms with E-state index in [0.717, 1.165) is 28.1 Å². The van der Waals surface area contributed by atoms with E-state index in [1.807, 2.05) is 46.7 Å². The normalized spacial score (nSPS) is 21.6. The molecule has 2 aromatic rings. The Morgan fingerprint density at radius 1 is 1.21 bits per heavy atom. The minimum atomic E-state index is -0.483. The second-order valence-corrected chi connectivity index (χ2v) is 9.44. The molecule has 1 aromatic carbocycles. The van der Waals surface area contributed by atoms with Gasteiger partial charge in [-0.15, -0.1) is 11.3 Å². The number of piperazine rings is 1. The Hall–Kier alpha value is -1.74. The van der Waals surface area contributed by atoms with Gasteiger partial charge in [0.25, 0.3) is 0 Å². The molecule has 2 amide bonds. The molecule has 6 nitrogen and oxygen atoms in total. The second kappa shape index (κ2) is 8.95. The molecule has 0 aliphatic carbocycles. The van der Waals surface area contributed by atoms with Crippen LogP contribution in [0.5, 0.6) is 0 Å².